The van der Waals surface area contributed by atoms with Crippen LogP contribution in [0.4, 0.5) is 0 Å². The van der Waals surface area contributed by atoms with E-state index in [1.54, 1.807) is 4.22 Å². The third-order valence-corrected chi connectivity index (χ3v) is 47.2. The van der Waals surface area contributed by atoms with Crippen LogP contribution < -0.4 is 0 Å². The second-order valence-electron chi connectivity index (χ2n) is 0.490. The number of rotatable bonds is 0. The maximum absolute atomic E-state index is 1.68. The minimum absolute atomic E-state index is 1.19. The Hall–Kier alpha value is 2.08. The first-order valence-corrected chi connectivity index (χ1v) is 16.5. The van der Waals surface area contributed by atoms with Crippen molar-refractivity contribution in [3.05, 3.63) is 0 Å². The molecule has 0 atom stereocenters. The fourth-order valence-electron chi connectivity index (χ4n) is 0.0982. The second kappa shape index (κ2) is 3.13. The molecule has 0 aromatic carbocycles. The number of hydrogen-bond acceptors (Lipinski definition) is 0. The Morgan fingerprint density at radius 3 is 1.80 bits per heavy atom. The van der Waals surface area contributed by atoms with Crippen LogP contribution in [0.5, 0.6) is 0 Å². The summed E-state index contributed by atoms with van der Waals surface area (Å²) in [4.78, 5) is 0. The molecule has 1 saturated heterocycles. The van der Waals surface area contributed by atoms with Crippen LogP contribution in [0.2, 0.25) is 4.22 Å². The average molecular weight is 330 g/mol. The van der Waals surface area contributed by atoms with Crippen molar-refractivity contribution in [1.29, 1.82) is 0 Å². The van der Waals surface area contributed by atoms with Crippen LogP contribution in [0.15, 0.2) is 0 Å². The molecule has 0 nitrogen and oxygen atoms in total. The van der Waals surface area contributed by atoms with Gasteiger partial charge in [-0.3, -0.25) is 0 Å². The topological polar surface area (TPSA) is 0 Å². The van der Waals surface area contributed by atoms with Gasteiger partial charge in [0, 0.05) is 0 Å². The van der Waals surface area contributed by atoms with Crippen LogP contribution in [0.25, 0.3) is 0 Å². The molecule has 0 saturated carbocycles. The van der Waals surface area contributed by atoms with Gasteiger partial charge in [0.2, 0.25) is 0 Å². The first-order valence-electron chi connectivity index (χ1n) is 1.08. The predicted molar refractivity (Wildman–Crippen MR) is 27.8 cm³/mol. The van der Waals surface area contributed by atoms with Crippen LogP contribution in [0.3, 0.4) is 0 Å². The summed E-state index contributed by atoms with van der Waals surface area (Å²) >= 11 is 4.82. The molecule has 1 heterocycles. The maximum atomic E-state index is 1.68. The summed E-state index contributed by atoms with van der Waals surface area (Å²) in [5.74, 6) is 0. The van der Waals surface area contributed by atoms with Crippen molar-refractivity contribution in [3.63, 3.8) is 0 Å². The summed E-state index contributed by atoms with van der Waals surface area (Å²) in [6.45, 7) is 0. The molecule has 1 aliphatic rings. The first-order chi connectivity index (χ1) is 2.50. The van der Waals surface area contributed by atoms with E-state index < -0.39 is 0 Å². The fraction of sp³-hybridized carbons (Fsp3) is 1.00. The standard InChI is InChI=1S/CH2Se4/c1-2-4-5-3-1/h1H2. The number of hydrogen-bond donors (Lipinski definition) is 0. The molecular weight excluding hydrogens is 328 g/mol. The van der Waals surface area contributed by atoms with Gasteiger partial charge in [0.15, 0.2) is 0 Å². The zero-order chi connectivity index (χ0) is 3.54. The fourth-order valence-corrected chi connectivity index (χ4v) is 71.6. The van der Waals surface area contributed by atoms with Crippen molar-refractivity contribution in [2.24, 2.45) is 0 Å². The SMILES string of the molecule is C1[Se][Se][Se][Se]1. The molecule has 30 valence electrons. The molecule has 1 fully saturated rings. The zero-order valence-electron chi connectivity index (χ0n) is 2.34. The van der Waals surface area contributed by atoms with Gasteiger partial charge in [0.25, 0.3) is 0 Å². The van der Waals surface area contributed by atoms with Gasteiger partial charge in [-0.15, -0.1) is 0 Å². The van der Waals surface area contributed by atoms with E-state index in [-0.39, 0.29) is 0 Å². The van der Waals surface area contributed by atoms with Crippen LogP contribution in [-0.4, -0.2) is 48.9 Å². The van der Waals surface area contributed by atoms with E-state index in [1.807, 2.05) is 0 Å². The normalized spacial score (nSPS) is 24.0. The Bertz CT molecular complexity index is 15.2. The summed E-state index contributed by atoms with van der Waals surface area (Å²) in [5, 5.41) is 0. The van der Waals surface area contributed by atoms with E-state index in [0.717, 1.165) is 0 Å². The Labute approximate surface area is 52.5 Å². The zero-order valence-corrected chi connectivity index (χ0v) is 9.19. The van der Waals surface area contributed by atoms with Gasteiger partial charge < -0.3 is 0 Å². The monoisotopic (exact) mass is 334 g/mol. The van der Waals surface area contributed by atoms with Crippen LogP contribution in [0, 0.1) is 0 Å². The average Bonchev–Trinajstić information content (AvgIpc) is 1.76. The van der Waals surface area contributed by atoms with Crippen molar-refractivity contribution >= 4 is 48.9 Å². The van der Waals surface area contributed by atoms with Gasteiger partial charge in [0.05, 0.1) is 0 Å². The van der Waals surface area contributed by atoms with Crippen molar-refractivity contribution < 1.29 is 0 Å². The van der Waals surface area contributed by atoms with E-state index in [2.05, 4.69) is 0 Å². The molecule has 0 aliphatic carbocycles. The minimum atomic E-state index is 1.19. The predicted octanol–water partition coefficient (Wildman–Crippen LogP) is -1.06. The van der Waals surface area contributed by atoms with Crippen LogP contribution >= 0.6 is 0 Å². The third kappa shape index (κ3) is 2.02. The molecule has 0 aromatic rings. The molecule has 1 rings (SSSR count). The van der Waals surface area contributed by atoms with E-state index in [9.17, 15) is 0 Å². The van der Waals surface area contributed by atoms with Crippen molar-refractivity contribution in [3.8, 4) is 0 Å². The molecule has 0 unspecified atom stereocenters. The van der Waals surface area contributed by atoms with Gasteiger partial charge in [0.1, 0.15) is 0 Å². The van der Waals surface area contributed by atoms with Gasteiger partial charge in [-0.05, 0) is 0 Å². The van der Waals surface area contributed by atoms with E-state index in [1.165, 1.54) is 48.9 Å². The summed E-state index contributed by atoms with van der Waals surface area (Å²) in [7, 11) is 0. The van der Waals surface area contributed by atoms with Crippen LogP contribution in [-0.2, 0) is 0 Å². The van der Waals surface area contributed by atoms with Gasteiger partial charge >= 0.3 is 53.1 Å². The molecule has 1 aliphatic heterocycles. The molecule has 0 bridgehead atoms. The Kier molecular flexibility index (Phi) is 3.27. The Morgan fingerprint density at radius 1 is 1.00 bits per heavy atom. The van der Waals surface area contributed by atoms with Gasteiger partial charge in [-0.1, -0.05) is 0 Å². The summed E-state index contributed by atoms with van der Waals surface area (Å²) in [5.41, 5.74) is 0. The van der Waals surface area contributed by atoms with E-state index in [0.29, 0.717) is 0 Å². The summed E-state index contributed by atoms with van der Waals surface area (Å²) in [6, 6.07) is 0. The Morgan fingerprint density at radius 2 is 1.60 bits per heavy atom. The van der Waals surface area contributed by atoms with Gasteiger partial charge in [-0.25, -0.2) is 0 Å². The van der Waals surface area contributed by atoms with Gasteiger partial charge in [-0.2, -0.15) is 0 Å². The van der Waals surface area contributed by atoms with Crippen molar-refractivity contribution in [2.75, 3.05) is 0 Å². The van der Waals surface area contributed by atoms with E-state index in [4.69, 9.17) is 0 Å². The molecule has 0 spiro atoms. The quantitative estimate of drug-likeness (QED) is 0.497. The Balaban J connectivity index is 2.08. The molecule has 4 heteroatoms. The molecule has 5 heavy (non-hydrogen) atoms. The molecule has 0 amide bonds. The molecule has 0 radical (unpaired) electrons. The van der Waals surface area contributed by atoms with Crippen molar-refractivity contribution in [1.82, 2.24) is 0 Å². The molecule has 0 N–H and O–H groups in total. The van der Waals surface area contributed by atoms with E-state index >= 15 is 0 Å². The third-order valence-electron chi connectivity index (χ3n) is 0.220. The van der Waals surface area contributed by atoms with Crippen LogP contribution in [0.1, 0.15) is 0 Å². The summed E-state index contributed by atoms with van der Waals surface area (Å²) < 4.78 is 1.68. The first kappa shape index (κ1) is 5.22. The van der Waals surface area contributed by atoms with Crippen molar-refractivity contribution in [2.45, 2.75) is 4.22 Å². The molecule has 0 aromatic heterocycles. The second-order valence-corrected chi connectivity index (χ2v) is 28.6. The molecular formula is CH2Se4. The summed E-state index contributed by atoms with van der Waals surface area (Å²) in [6.07, 6.45) is 0.